The van der Waals surface area contributed by atoms with Crippen LogP contribution in [-0.2, 0) is 9.84 Å². The Bertz CT molecular complexity index is 1030. The summed E-state index contributed by atoms with van der Waals surface area (Å²) < 4.78 is 25.3. The van der Waals surface area contributed by atoms with E-state index in [0.717, 1.165) is 6.26 Å². The zero-order valence-corrected chi connectivity index (χ0v) is 15.3. The van der Waals surface area contributed by atoms with E-state index in [1.165, 1.54) is 29.2 Å². The van der Waals surface area contributed by atoms with E-state index in [2.05, 4.69) is 36.3 Å². The van der Waals surface area contributed by atoms with Crippen LogP contribution in [-0.4, -0.2) is 40.3 Å². The first-order chi connectivity index (χ1) is 11.8. The number of hydrogen-bond donors (Lipinski definition) is 1. The summed E-state index contributed by atoms with van der Waals surface area (Å²) in [5.41, 5.74) is 0.636. The van der Waals surface area contributed by atoms with Crippen molar-refractivity contribution in [2.24, 2.45) is 0 Å². The van der Waals surface area contributed by atoms with Gasteiger partial charge in [0.05, 0.1) is 16.7 Å². The van der Waals surface area contributed by atoms with Gasteiger partial charge in [0, 0.05) is 35.0 Å². The minimum atomic E-state index is -3.39. The molecule has 0 bridgehead atoms. The third-order valence-electron chi connectivity index (χ3n) is 3.16. The number of aromatic nitrogens is 4. The van der Waals surface area contributed by atoms with Gasteiger partial charge in [-0.2, -0.15) is 5.10 Å². The molecular formula is C15H12BrN5O3S. The quantitative estimate of drug-likeness (QED) is 0.690. The summed E-state index contributed by atoms with van der Waals surface area (Å²) in [6.07, 6.45) is 7.10. The van der Waals surface area contributed by atoms with Crippen LogP contribution in [0.25, 0.3) is 5.95 Å². The first kappa shape index (κ1) is 17.2. The standard InChI is InChI=1S/C15H12BrN5O3S/c1-25(23,24)13-6-11(16)5-12(7-13)20-14(22)10-8-19-21(9-10)15-17-3-2-4-18-15/h2-9H,1H3,(H,20,22). The second-order valence-electron chi connectivity index (χ2n) is 5.12. The Hall–Kier alpha value is -2.59. The second-order valence-corrected chi connectivity index (χ2v) is 8.06. The van der Waals surface area contributed by atoms with Crippen molar-refractivity contribution >= 4 is 37.4 Å². The topological polar surface area (TPSA) is 107 Å². The molecule has 8 nitrogen and oxygen atoms in total. The number of nitrogens with zero attached hydrogens (tertiary/aromatic N) is 4. The minimum Gasteiger partial charge on any atom is -0.322 e. The molecule has 1 amide bonds. The Morgan fingerprint density at radius 1 is 1.20 bits per heavy atom. The van der Waals surface area contributed by atoms with Gasteiger partial charge in [-0.05, 0) is 24.3 Å². The summed E-state index contributed by atoms with van der Waals surface area (Å²) in [7, 11) is -3.39. The zero-order valence-electron chi connectivity index (χ0n) is 12.9. The van der Waals surface area contributed by atoms with E-state index < -0.39 is 15.7 Å². The Balaban J connectivity index is 1.84. The smallest absolute Gasteiger partial charge is 0.258 e. The Kier molecular flexibility index (Phi) is 4.64. The number of halogens is 1. The van der Waals surface area contributed by atoms with Crippen LogP contribution in [0.5, 0.6) is 0 Å². The number of anilines is 1. The van der Waals surface area contributed by atoms with Gasteiger partial charge in [0.2, 0.25) is 5.95 Å². The summed E-state index contributed by atoms with van der Waals surface area (Å²) >= 11 is 3.24. The van der Waals surface area contributed by atoms with E-state index >= 15 is 0 Å². The third kappa shape index (κ3) is 4.09. The fraction of sp³-hybridized carbons (Fsp3) is 0.0667. The lowest BCUT2D eigenvalue weighted by Gasteiger charge is -2.07. The minimum absolute atomic E-state index is 0.102. The van der Waals surface area contributed by atoms with Gasteiger partial charge in [-0.3, -0.25) is 4.79 Å². The van der Waals surface area contributed by atoms with Gasteiger partial charge in [0.1, 0.15) is 0 Å². The number of nitrogens with one attached hydrogen (secondary N) is 1. The summed E-state index contributed by atoms with van der Waals surface area (Å²) in [5.74, 6) is -0.0944. The van der Waals surface area contributed by atoms with Crippen LogP contribution in [0.2, 0.25) is 0 Å². The molecule has 0 saturated carbocycles. The maximum atomic E-state index is 12.4. The molecule has 0 unspecified atom stereocenters. The van der Waals surface area contributed by atoms with Crippen LogP contribution in [0, 0.1) is 0 Å². The molecule has 0 aliphatic carbocycles. The molecule has 2 aromatic heterocycles. The van der Waals surface area contributed by atoms with Crippen LogP contribution >= 0.6 is 15.9 Å². The molecule has 0 saturated heterocycles. The lowest BCUT2D eigenvalue weighted by Crippen LogP contribution is -2.12. The van der Waals surface area contributed by atoms with Crippen molar-refractivity contribution in [3.05, 3.63) is 59.1 Å². The van der Waals surface area contributed by atoms with Gasteiger partial charge in [-0.15, -0.1) is 0 Å². The molecule has 25 heavy (non-hydrogen) atoms. The average Bonchev–Trinajstić information content (AvgIpc) is 3.04. The van der Waals surface area contributed by atoms with E-state index in [9.17, 15) is 13.2 Å². The van der Waals surface area contributed by atoms with E-state index in [4.69, 9.17) is 0 Å². The second kappa shape index (κ2) is 6.73. The predicted octanol–water partition coefficient (Wildman–Crippen LogP) is 2.08. The third-order valence-corrected chi connectivity index (χ3v) is 4.71. The van der Waals surface area contributed by atoms with Gasteiger partial charge < -0.3 is 5.32 Å². The number of rotatable bonds is 4. The molecule has 0 radical (unpaired) electrons. The van der Waals surface area contributed by atoms with Crippen LogP contribution in [0.1, 0.15) is 10.4 Å². The molecule has 128 valence electrons. The molecule has 0 atom stereocenters. The highest BCUT2D eigenvalue weighted by Crippen LogP contribution is 2.23. The van der Waals surface area contributed by atoms with Crippen molar-refractivity contribution in [2.45, 2.75) is 4.90 Å². The Labute approximate surface area is 152 Å². The van der Waals surface area contributed by atoms with Gasteiger partial charge in [0.15, 0.2) is 9.84 Å². The molecule has 0 spiro atoms. The van der Waals surface area contributed by atoms with Gasteiger partial charge >= 0.3 is 0 Å². The van der Waals surface area contributed by atoms with E-state index in [0.29, 0.717) is 16.1 Å². The number of amides is 1. The average molecular weight is 422 g/mol. The molecule has 3 rings (SSSR count). The number of benzene rings is 1. The summed E-state index contributed by atoms with van der Waals surface area (Å²) in [6, 6.07) is 6.14. The molecule has 0 aliphatic heterocycles. The van der Waals surface area contributed by atoms with Crippen molar-refractivity contribution in [2.75, 3.05) is 11.6 Å². The van der Waals surface area contributed by atoms with Gasteiger partial charge in [-0.25, -0.2) is 23.1 Å². The fourth-order valence-corrected chi connectivity index (χ4v) is 3.34. The Morgan fingerprint density at radius 3 is 2.60 bits per heavy atom. The number of sulfone groups is 1. The molecule has 2 heterocycles. The highest BCUT2D eigenvalue weighted by atomic mass is 79.9. The highest BCUT2D eigenvalue weighted by Gasteiger charge is 2.14. The van der Waals surface area contributed by atoms with E-state index in [1.54, 1.807) is 24.5 Å². The first-order valence-corrected chi connectivity index (χ1v) is 9.65. The van der Waals surface area contributed by atoms with Crippen LogP contribution in [0.3, 0.4) is 0 Å². The van der Waals surface area contributed by atoms with Crippen LogP contribution in [0.4, 0.5) is 5.69 Å². The zero-order chi connectivity index (χ0) is 18.0. The lowest BCUT2D eigenvalue weighted by molar-refractivity contribution is 0.102. The fourth-order valence-electron chi connectivity index (χ4n) is 2.01. The molecule has 10 heteroatoms. The van der Waals surface area contributed by atoms with Gasteiger partial charge in [0.25, 0.3) is 5.91 Å². The Morgan fingerprint density at radius 2 is 1.92 bits per heavy atom. The van der Waals surface area contributed by atoms with E-state index in [-0.39, 0.29) is 10.5 Å². The first-order valence-electron chi connectivity index (χ1n) is 6.97. The molecule has 1 N–H and O–H groups in total. The normalized spacial score (nSPS) is 11.3. The van der Waals surface area contributed by atoms with Crippen LogP contribution < -0.4 is 5.32 Å². The summed E-state index contributed by atoms with van der Waals surface area (Å²) in [4.78, 5) is 20.5. The van der Waals surface area contributed by atoms with Crippen molar-refractivity contribution in [1.29, 1.82) is 0 Å². The SMILES string of the molecule is CS(=O)(=O)c1cc(Br)cc(NC(=O)c2cnn(-c3ncccn3)c2)c1. The molecule has 3 aromatic rings. The highest BCUT2D eigenvalue weighted by molar-refractivity contribution is 9.10. The molecule has 0 aliphatic rings. The van der Waals surface area contributed by atoms with Gasteiger partial charge in [-0.1, -0.05) is 15.9 Å². The largest absolute Gasteiger partial charge is 0.322 e. The van der Waals surface area contributed by atoms with Crippen molar-refractivity contribution < 1.29 is 13.2 Å². The van der Waals surface area contributed by atoms with Crippen LogP contribution in [0.15, 0.2) is 58.4 Å². The van der Waals surface area contributed by atoms with Crippen molar-refractivity contribution in [3.8, 4) is 5.95 Å². The number of carbonyl (C=O) groups is 1. The molecular weight excluding hydrogens is 410 g/mol. The molecule has 1 aromatic carbocycles. The van der Waals surface area contributed by atoms with Crippen molar-refractivity contribution in [1.82, 2.24) is 19.7 Å². The summed E-state index contributed by atoms with van der Waals surface area (Å²) in [6.45, 7) is 0. The predicted molar refractivity (Wildman–Crippen MR) is 94.4 cm³/mol. The summed E-state index contributed by atoms with van der Waals surface area (Å²) in [5, 5.41) is 6.70. The maximum absolute atomic E-state index is 12.4. The lowest BCUT2D eigenvalue weighted by atomic mass is 10.3. The monoisotopic (exact) mass is 421 g/mol. The number of carbonyl (C=O) groups excluding carboxylic acids is 1. The van der Waals surface area contributed by atoms with Crippen molar-refractivity contribution in [3.63, 3.8) is 0 Å². The molecule has 0 fully saturated rings. The van der Waals surface area contributed by atoms with E-state index in [1.807, 2.05) is 0 Å². The number of hydrogen-bond acceptors (Lipinski definition) is 6. The maximum Gasteiger partial charge on any atom is 0.258 e.